The molecule has 9 heteroatoms. The van der Waals surface area contributed by atoms with Crippen LogP contribution in [0, 0.1) is 0 Å². The summed E-state index contributed by atoms with van der Waals surface area (Å²) in [6, 6.07) is 3.81. The number of morpholine rings is 1. The number of nitrogens with zero attached hydrogens (tertiary/aromatic N) is 2. The highest BCUT2D eigenvalue weighted by Gasteiger charge is 2.30. The summed E-state index contributed by atoms with van der Waals surface area (Å²) in [5.74, 6) is 0.503. The van der Waals surface area contributed by atoms with Crippen molar-refractivity contribution in [3.8, 4) is 10.8 Å². The van der Waals surface area contributed by atoms with Crippen molar-refractivity contribution in [2.75, 3.05) is 13.1 Å². The molecule has 0 saturated carbocycles. The van der Waals surface area contributed by atoms with Crippen LogP contribution in [0.3, 0.4) is 0 Å². The molecule has 1 N–H and O–H groups in total. The molecule has 3 rings (SSSR count). The zero-order valence-corrected chi connectivity index (χ0v) is 14.6. The SMILES string of the molecule is C[C@H]1CN(S(=O)(=O)NCc2coc(-c3cccs3)n2)C[C@H](C)O1. The highest BCUT2D eigenvalue weighted by molar-refractivity contribution is 7.87. The second-order valence-corrected chi connectivity index (χ2v) is 8.22. The van der Waals surface area contributed by atoms with Crippen LogP contribution in [-0.4, -0.2) is 43.0 Å². The van der Waals surface area contributed by atoms with E-state index in [9.17, 15) is 8.42 Å². The summed E-state index contributed by atoms with van der Waals surface area (Å²) < 4.78 is 39.7. The Labute approximate surface area is 139 Å². The monoisotopic (exact) mass is 357 g/mol. The van der Waals surface area contributed by atoms with E-state index in [-0.39, 0.29) is 18.8 Å². The lowest BCUT2D eigenvalue weighted by atomic mass is 10.3. The number of aromatic nitrogens is 1. The molecular weight excluding hydrogens is 338 g/mol. The quantitative estimate of drug-likeness (QED) is 0.883. The van der Waals surface area contributed by atoms with E-state index in [4.69, 9.17) is 9.15 Å². The summed E-state index contributed by atoms with van der Waals surface area (Å²) in [7, 11) is -3.57. The standard InChI is InChI=1S/C14H19N3O4S2/c1-10-7-17(8-11(2)21-10)23(18,19)15-6-12-9-20-14(16-12)13-4-3-5-22-13/h3-5,9-11,15H,6-8H2,1-2H3/t10-,11-/m0/s1. The Morgan fingerprint density at radius 3 is 2.78 bits per heavy atom. The maximum Gasteiger partial charge on any atom is 0.279 e. The van der Waals surface area contributed by atoms with E-state index in [1.165, 1.54) is 21.9 Å². The minimum Gasteiger partial charge on any atom is -0.444 e. The Morgan fingerprint density at radius 2 is 2.13 bits per heavy atom. The molecule has 0 aliphatic carbocycles. The Hall–Kier alpha value is -1.26. The molecule has 1 fully saturated rings. The number of hydrogen-bond donors (Lipinski definition) is 1. The highest BCUT2D eigenvalue weighted by atomic mass is 32.2. The van der Waals surface area contributed by atoms with Gasteiger partial charge in [-0.3, -0.25) is 0 Å². The first-order chi connectivity index (χ1) is 10.9. The molecule has 126 valence electrons. The molecule has 23 heavy (non-hydrogen) atoms. The summed E-state index contributed by atoms with van der Waals surface area (Å²) in [5, 5.41) is 1.93. The first-order valence-corrected chi connectivity index (χ1v) is 9.64. The number of oxazole rings is 1. The molecule has 2 atom stereocenters. The molecule has 2 aromatic rings. The van der Waals surface area contributed by atoms with Crippen LogP contribution in [0.2, 0.25) is 0 Å². The molecule has 3 heterocycles. The summed E-state index contributed by atoms with van der Waals surface area (Å²) in [6.45, 7) is 4.52. The van der Waals surface area contributed by atoms with Crippen molar-refractivity contribution < 1.29 is 17.6 Å². The van der Waals surface area contributed by atoms with Gasteiger partial charge in [0.25, 0.3) is 10.2 Å². The van der Waals surface area contributed by atoms with Gasteiger partial charge in [0.05, 0.1) is 29.3 Å². The Bertz CT molecular complexity index is 732. The van der Waals surface area contributed by atoms with E-state index in [2.05, 4.69) is 9.71 Å². The summed E-state index contributed by atoms with van der Waals surface area (Å²) >= 11 is 1.52. The van der Waals surface area contributed by atoms with Gasteiger partial charge in [-0.1, -0.05) is 6.07 Å². The van der Waals surface area contributed by atoms with Gasteiger partial charge in [0.1, 0.15) is 6.26 Å². The maximum absolute atomic E-state index is 12.4. The Kier molecular flexibility index (Phi) is 4.83. The molecule has 0 bridgehead atoms. The predicted molar refractivity (Wildman–Crippen MR) is 87.2 cm³/mol. The molecule has 1 aliphatic heterocycles. The molecule has 2 aromatic heterocycles. The Morgan fingerprint density at radius 1 is 1.39 bits per heavy atom. The average Bonchev–Trinajstić information content (AvgIpc) is 3.15. The first-order valence-electron chi connectivity index (χ1n) is 7.32. The van der Waals surface area contributed by atoms with Crippen molar-refractivity contribution >= 4 is 21.5 Å². The number of thiophene rings is 1. The zero-order chi connectivity index (χ0) is 16.4. The van der Waals surface area contributed by atoms with Crippen LogP contribution in [0.5, 0.6) is 0 Å². The number of hydrogen-bond acceptors (Lipinski definition) is 6. The molecular formula is C14H19N3O4S2. The minimum atomic E-state index is -3.57. The van der Waals surface area contributed by atoms with Crippen molar-refractivity contribution in [2.24, 2.45) is 0 Å². The molecule has 7 nitrogen and oxygen atoms in total. The minimum absolute atomic E-state index is 0.0946. The van der Waals surface area contributed by atoms with Crippen molar-refractivity contribution in [2.45, 2.75) is 32.6 Å². The van der Waals surface area contributed by atoms with Crippen LogP contribution in [0.25, 0.3) is 10.8 Å². The summed E-state index contributed by atoms with van der Waals surface area (Å²) in [4.78, 5) is 5.22. The third-order valence-corrected chi connectivity index (χ3v) is 5.79. The summed E-state index contributed by atoms with van der Waals surface area (Å²) in [5.41, 5.74) is 0.548. The van der Waals surface area contributed by atoms with E-state index in [1.54, 1.807) is 0 Å². The average molecular weight is 357 g/mol. The molecule has 0 aromatic carbocycles. The van der Waals surface area contributed by atoms with E-state index in [0.29, 0.717) is 24.7 Å². The van der Waals surface area contributed by atoms with Gasteiger partial charge in [0.15, 0.2) is 0 Å². The number of ether oxygens (including phenoxy) is 1. The fraction of sp³-hybridized carbons (Fsp3) is 0.500. The second-order valence-electron chi connectivity index (χ2n) is 5.52. The lowest BCUT2D eigenvalue weighted by Gasteiger charge is -2.34. The lowest BCUT2D eigenvalue weighted by Crippen LogP contribution is -2.51. The largest absolute Gasteiger partial charge is 0.444 e. The third kappa shape index (κ3) is 3.99. The molecule has 0 unspecified atom stereocenters. The van der Waals surface area contributed by atoms with E-state index in [1.807, 2.05) is 31.4 Å². The van der Waals surface area contributed by atoms with Gasteiger partial charge in [-0.25, -0.2) is 4.98 Å². The summed E-state index contributed by atoms with van der Waals surface area (Å²) in [6.07, 6.45) is 1.24. The van der Waals surface area contributed by atoms with Gasteiger partial charge in [-0.15, -0.1) is 11.3 Å². The normalized spacial score (nSPS) is 23.2. The third-order valence-electron chi connectivity index (χ3n) is 3.45. The van der Waals surface area contributed by atoms with Crippen LogP contribution in [0.1, 0.15) is 19.5 Å². The van der Waals surface area contributed by atoms with Gasteiger partial charge in [0.2, 0.25) is 5.89 Å². The fourth-order valence-electron chi connectivity index (χ4n) is 2.48. The second kappa shape index (κ2) is 6.70. The number of rotatable bonds is 5. The highest BCUT2D eigenvalue weighted by Crippen LogP contribution is 2.23. The van der Waals surface area contributed by atoms with E-state index in [0.717, 1.165) is 4.88 Å². The van der Waals surface area contributed by atoms with Gasteiger partial charge < -0.3 is 9.15 Å². The van der Waals surface area contributed by atoms with Crippen LogP contribution < -0.4 is 4.72 Å². The van der Waals surface area contributed by atoms with Crippen molar-refractivity contribution in [3.63, 3.8) is 0 Å². The topological polar surface area (TPSA) is 84.7 Å². The van der Waals surface area contributed by atoms with Crippen LogP contribution >= 0.6 is 11.3 Å². The van der Waals surface area contributed by atoms with Gasteiger partial charge >= 0.3 is 0 Å². The molecule has 0 spiro atoms. The zero-order valence-electron chi connectivity index (χ0n) is 12.9. The van der Waals surface area contributed by atoms with Crippen LogP contribution in [-0.2, 0) is 21.5 Å². The van der Waals surface area contributed by atoms with Gasteiger partial charge in [-0.2, -0.15) is 17.4 Å². The molecule has 1 aliphatic rings. The van der Waals surface area contributed by atoms with Crippen LogP contribution in [0.15, 0.2) is 28.2 Å². The van der Waals surface area contributed by atoms with Gasteiger partial charge in [0, 0.05) is 13.1 Å². The van der Waals surface area contributed by atoms with E-state index < -0.39 is 10.2 Å². The van der Waals surface area contributed by atoms with E-state index >= 15 is 0 Å². The van der Waals surface area contributed by atoms with Gasteiger partial charge in [-0.05, 0) is 25.3 Å². The number of nitrogens with one attached hydrogen (secondary N) is 1. The molecule has 1 saturated heterocycles. The smallest absolute Gasteiger partial charge is 0.279 e. The Balaban J connectivity index is 1.63. The van der Waals surface area contributed by atoms with Crippen molar-refractivity contribution in [1.29, 1.82) is 0 Å². The predicted octanol–water partition coefficient (Wildman–Crippen LogP) is 1.85. The van der Waals surface area contributed by atoms with Crippen molar-refractivity contribution in [3.05, 3.63) is 29.5 Å². The maximum atomic E-state index is 12.4. The molecule has 0 radical (unpaired) electrons. The first kappa shape index (κ1) is 16.6. The fourth-order valence-corrected chi connectivity index (χ4v) is 4.47. The van der Waals surface area contributed by atoms with Crippen molar-refractivity contribution in [1.82, 2.24) is 14.0 Å². The lowest BCUT2D eigenvalue weighted by molar-refractivity contribution is -0.0444. The van der Waals surface area contributed by atoms with Crippen LogP contribution in [0.4, 0.5) is 0 Å². The molecule has 0 amide bonds.